The Morgan fingerprint density at radius 1 is 1.28 bits per heavy atom. The summed E-state index contributed by atoms with van der Waals surface area (Å²) in [7, 11) is 0. The maximum absolute atomic E-state index is 13.7. The van der Waals surface area contributed by atoms with E-state index in [-0.39, 0.29) is 5.69 Å². The number of hydrogen-bond donors (Lipinski definition) is 1. The van der Waals surface area contributed by atoms with Crippen LogP contribution in [-0.2, 0) is 0 Å². The molecule has 18 heavy (non-hydrogen) atoms. The molecule has 1 aromatic rings. The number of benzene rings is 1. The highest BCUT2D eigenvalue weighted by Crippen LogP contribution is 2.30. The number of aliphatic hydroxyl groups excluding tert-OH is 1. The molecule has 1 fully saturated rings. The fourth-order valence-corrected chi connectivity index (χ4v) is 2.05. The number of hydrogen-bond acceptors (Lipinski definition) is 4. The van der Waals surface area contributed by atoms with Crippen molar-refractivity contribution in [3.05, 3.63) is 33.9 Å². The van der Waals surface area contributed by atoms with Gasteiger partial charge in [-0.15, -0.1) is 0 Å². The molecule has 5 nitrogen and oxygen atoms in total. The number of nitro benzene ring substituents is 1. The van der Waals surface area contributed by atoms with Crippen LogP contribution in [0.5, 0.6) is 0 Å². The highest BCUT2D eigenvalue weighted by atomic mass is 19.1. The van der Waals surface area contributed by atoms with Crippen LogP contribution >= 0.6 is 0 Å². The molecule has 0 aliphatic carbocycles. The van der Waals surface area contributed by atoms with Crippen molar-refractivity contribution in [1.29, 1.82) is 0 Å². The average Bonchev–Trinajstić information content (AvgIpc) is 2.30. The van der Waals surface area contributed by atoms with E-state index >= 15 is 0 Å². The summed E-state index contributed by atoms with van der Waals surface area (Å²) < 4.78 is 27.4. The van der Waals surface area contributed by atoms with Gasteiger partial charge < -0.3 is 10.0 Å². The third kappa shape index (κ3) is 2.40. The van der Waals surface area contributed by atoms with Crippen LogP contribution in [0.25, 0.3) is 0 Å². The lowest BCUT2D eigenvalue weighted by molar-refractivity contribution is -0.385. The summed E-state index contributed by atoms with van der Waals surface area (Å²) in [5.41, 5.74) is -0.863. The van der Waals surface area contributed by atoms with E-state index in [9.17, 15) is 24.0 Å². The highest BCUT2D eigenvalue weighted by Gasteiger charge is 2.25. The Bertz CT molecular complexity index is 450. The third-order valence-electron chi connectivity index (χ3n) is 2.99. The van der Waals surface area contributed by atoms with Crippen molar-refractivity contribution in [3.63, 3.8) is 0 Å². The van der Waals surface area contributed by atoms with Gasteiger partial charge in [0.05, 0.1) is 23.2 Å². The standard InChI is InChI=1S/C11H12F2N2O3/c12-9-5-7(15(17)18)6-10(13)11(9)14-3-1-8(16)2-4-14/h5-6,8,16H,1-4H2. The van der Waals surface area contributed by atoms with Gasteiger partial charge in [0, 0.05) is 13.1 Å². The van der Waals surface area contributed by atoms with Gasteiger partial charge in [0.2, 0.25) is 0 Å². The first kappa shape index (κ1) is 12.7. The summed E-state index contributed by atoms with van der Waals surface area (Å²) in [6.45, 7) is 0.652. The second kappa shape index (κ2) is 4.85. The van der Waals surface area contributed by atoms with E-state index in [0.29, 0.717) is 38.1 Å². The van der Waals surface area contributed by atoms with Gasteiger partial charge in [0.15, 0.2) is 11.6 Å². The van der Waals surface area contributed by atoms with Crippen molar-refractivity contribution in [1.82, 2.24) is 0 Å². The zero-order valence-electron chi connectivity index (χ0n) is 9.47. The zero-order valence-corrected chi connectivity index (χ0v) is 9.47. The Kier molecular flexibility index (Phi) is 3.42. The SMILES string of the molecule is O=[N+]([O-])c1cc(F)c(N2CCC(O)CC2)c(F)c1. The summed E-state index contributed by atoms with van der Waals surface area (Å²) in [6.07, 6.45) is 0.400. The summed E-state index contributed by atoms with van der Waals surface area (Å²) in [5.74, 6) is -1.89. The lowest BCUT2D eigenvalue weighted by Crippen LogP contribution is -2.36. The molecule has 0 saturated carbocycles. The molecule has 1 N–H and O–H groups in total. The van der Waals surface area contributed by atoms with E-state index in [1.165, 1.54) is 4.90 Å². The number of aliphatic hydroxyl groups is 1. The van der Waals surface area contributed by atoms with Gasteiger partial charge in [-0.2, -0.15) is 0 Å². The number of halogens is 2. The molecule has 1 aliphatic heterocycles. The smallest absolute Gasteiger partial charge is 0.275 e. The Morgan fingerprint density at radius 3 is 2.22 bits per heavy atom. The van der Waals surface area contributed by atoms with E-state index in [2.05, 4.69) is 0 Å². The number of nitrogens with zero attached hydrogens (tertiary/aromatic N) is 2. The number of rotatable bonds is 2. The predicted molar refractivity (Wildman–Crippen MR) is 60.5 cm³/mol. The van der Waals surface area contributed by atoms with Gasteiger partial charge >= 0.3 is 0 Å². The molecule has 0 atom stereocenters. The summed E-state index contributed by atoms with van der Waals surface area (Å²) in [4.78, 5) is 11.1. The Labute approximate surface area is 102 Å². The molecule has 1 aliphatic rings. The molecule has 0 spiro atoms. The first-order valence-electron chi connectivity index (χ1n) is 5.55. The normalized spacial score (nSPS) is 16.9. The molecule has 1 heterocycles. The van der Waals surface area contributed by atoms with Gasteiger partial charge in [0.1, 0.15) is 5.69 Å². The van der Waals surface area contributed by atoms with Gasteiger partial charge in [-0.1, -0.05) is 0 Å². The predicted octanol–water partition coefficient (Wildman–Crippen LogP) is 1.83. The van der Waals surface area contributed by atoms with Crippen molar-refractivity contribution < 1.29 is 18.8 Å². The lowest BCUT2D eigenvalue weighted by Gasteiger charge is -2.31. The summed E-state index contributed by atoms with van der Waals surface area (Å²) >= 11 is 0. The summed E-state index contributed by atoms with van der Waals surface area (Å²) in [5, 5.41) is 19.8. The molecule has 0 radical (unpaired) electrons. The van der Waals surface area contributed by atoms with Crippen LogP contribution in [0.1, 0.15) is 12.8 Å². The molecule has 0 unspecified atom stereocenters. The minimum absolute atomic E-state index is 0.257. The molecule has 98 valence electrons. The molecule has 1 saturated heterocycles. The van der Waals surface area contributed by atoms with Crippen molar-refractivity contribution in [2.45, 2.75) is 18.9 Å². The van der Waals surface area contributed by atoms with E-state index in [1.54, 1.807) is 0 Å². The first-order valence-corrected chi connectivity index (χ1v) is 5.55. The molecule has 0 aromatic heterocycles. The average molecular weight is 258 g/mol. The Morgan fingerprint density at radius 2 is 1.78 bits per heavy atom. The third-order valence-corrected chi connectivity index (χ3v) is 2.99. The second-order valence-corrected chi connectivity index (χ2v) is 4.23. The number of non-ortho nitro benzene ring substituents is 1. The van der Waals surface area contributed by atoms with Crippen LogP contribution in [0, 0.1) is 21.7 Å². The second-order valence-electron chi connectivity index (χ2n) is 4.23. The van der Waals surface area contributed by atoms with Gasteiger partial charge in [-0.25, -0.2) is 8.78 Å². The van der Waals surface area contributed by atoms with Crippen molar-refractivity contribution in [2.75, 3.05) is 18.0 Å². The molecular weight excluding hydrogens is 246 g/mol. The van der Waals surface area contributed by atoms with Crippen LogP contribution in [0.15, 0.2) is 12.1 Å². The van der Waals surface area contributed by atoms with Crippen molar-refractivity contribution in [3.8, 4) is 0 Å². The Balaban J connectivity index is 2.31. The van der Waals surface area contributed by atoms with E-state index in [0.717, 1.165) is 0 Å². The fraction of sp³-hybridized carbons (Fsp3) is 0.455. The number of piperidine rings is 1. The van der Waals surface area contributed by atoms with E-state index in [4.69, 9.17) is 0 Å². The molecule has 2 rings (SSSR count). The zero-order chi connectivity index (χ0) is 13.3. The summed E-state index contributed by atoms with van der Waals surface area (Å²) in [6, 6.07) is 1.42. The first-order chi connectivity index (χ1) is 8.49. The number of nitro groups is 1. The Hall–Kier alpha value is -1.76. The van der Waals surface area contributed by atoms with E-state index < -0.39 is 28.3 Å². The van der Waals surface area contributed by atoms with Crippen LogP contribution in [-0.4, -0.2) is 29.2 Å². The van der Waals surface area contributed by atoms with E-state index in [1.807, 2.05) is 0 Å². The van der Waals surface area contributed by atoms with Crippen LogP contribution in [0.2, 0.25) is 0 Å². The number of anilines is 1. The van der Waals surface area contributed by atoms with Gasteiger partial charge in [0.25, 0.3) is 5.69 Å². The topological polar surface area (TPSA) is 66.6 Å². The van der Waals surface area contributed by atoms with Crippen LogP contribution in [0.3, 0.4) is 0 Å². The fourth-order valence-electron chi connectivity index (χ4n) is 2.05. The van der Waals surface area contributed by atoms with Gasteiger partial charge in [-0.3, -0.25) is 10.1 Å². The highest BCUT2D eigenvalue weighted by molar-refractivity contribution is 5.54. The molecule has 0 amide bonds. The van der Waals surface area contributed by atoms with Gasteiger partial charge in [-0.05, 0) is 12.8 Å². The largest absolute Gasteiger partial charge is 0.393 e. The van der Waals surface area contributed by atoms with Crippen LogP contribution in [0.4, 0.5) is 20.2 Å². The minimum Gasteiger partial charge on any atom is -0.393 e. The monoisotopic (exact) mass is 258 g/mol. The lowest BCUT2D eigenvalue weighted by atomic mass is 10.1. The molecule has 7 heteroatoms. The van der Waals surface area contributed by atoms with Crippen molar-refractivity contribution in [2.24, 2.45) is 0 Å². The maximum Gasteiger partial charge on any atom is 0.275 e. The quantitative estimate of drug-likeness (QED) is 0.649. The van der Waals surface area contributed by atoms with Crippen LogP contribution < -0.4 is 4.90 Å². The molecule has 1 aromatic carbocycles. The molecule has 0 bridgehead atoms. The van der Waals surface area contributed by atoms with Crippen molar-refractivity contribution >= 4 is 11.4 Å². The maximum atomic E-state index is 13.7. The minimum atomic E-state index is -0.946. The molecular formula is C11H12F2N2O3.